The molecule has 1 atom stereocenters. The number of amides is 1. The van der Waals surface area contributed by atoms with E-state index in [9.17, 15) is 14.3 Å². The van der Waals surface area contributed by atoms with Gasteiger partial charge in [-0.3, -0.25) is 4.79 Å². The van der Waals surface area contributed by atoms with Crippen LogP contribution in [0, 0.1) is 5.82 Å². The van der Waals surface area contributed by atoms with E-state index in [-0.39, 0.29) is 11.7 Å². The summed E-state index contributed by atoms with van der Waals surface area (Å²) in [6.07, 6.45) is 4.96. The van der Waals surface area contributed by atoms with Crippen molar-refractivity contribution in [3.63, 3.8) is 0 Å². The van der Waals surface area contributed by atoms with Gasteiger partial charge < -0.3 is 10.0 Å². The van der Waals surface area contributed by atoms with Gasteiger partial charge in [-0.25, -0.2) is 9.07 Å². The second-order valence-corrected chi connectivity index (χ2v) is 7.43. The molecular weight excluding hydrogens is 333 g/mol. The third-order valence-corrected chi connectivity index (χ3v) is 5.71. The minimum Gasteiger partial charge on any atom is -0.388 e. The van der Waals surface area contributed by atoms with E-state index in [1.54, 1.807) is 15.6 Å². The van der Waals surface area contributed by atoms with Crippen LogP contribution in [0.3, 0.4) is 0 Å². The molecule has 2 aromatic rings. The average molecular weight is 357 g/mol. The fourth-order valence-electron chi connectivity index (χ4n) is 4.06. The molecule has 1 aromatic carbocycles. The average Bonchev–Trinajstić information content (AvgIpc) is 3.23. The summed E-state index contributed by atoms with van der Waals surface area (Å²) >= 11 is 0. The summed E-state index contributed by atoms with van der Waals surface area (Å²) in [5, 5.41) is 15.1. The standard InChI is InChI=1S/C20H24FN3O2/c1-2-20(26)10-11-23(13-20)19(25)18-16-8-3-4-9-17(16)24(22-18)15-7-5-6-14(21)12-15/h5-7,12,26H,2-4,8-11,13H2,1H3. The summed E-state index contributed by atoms with van der Waals surface area (Å²) in [5.41, 5.74) is 2.31. The molecule has 138 valence electrons. The number of rotatable bonds is 3. The summed E-state index contributed by atoms with van der Waals surface area (Å²) in [4.78, 5) is 14.8. The highest BCUT2D eigenvalue weighted by atomic mass is 19.1. The summed E-state index contributed by atoms with van der Waals surface area (Å²) < 4.78 is 15.4. The van der Waals surface area contributed by atoms with Crippen LogP contribution in [0.4, 0.5) is 4.39 Å². The van der Waals surface area contributed by atoms with Gasteiger partial charge in [0.15, 0.2) is 5.69 Å². The van der Waals surface area contributed by atoms with Crippen molar-refractivity contribution in [2.24, 2.45) is 0 Å². The maximum Gasteiger partial charge on any atom is 0.274 e. The zero-order chi connectivity index (χ0) is 18.3. The lowest BCUT2D eigenvalue weighted by Gasteiger charge is -2.21. The quantitative estimate of drug-likeness (QED) is 0.919. The summed E-state index contributed by atoms with van der Waals surface area (Å²) in [7, 11) is 0. The molecular formula is C20H24FN3O2. The van der Waals surface area contributed by atoms with Gasteiger partial charge in [-0.1, -0.05) is 13.0 Å². The molecule has 5 nitrogen and oxygen atoms in total. The zero-order valence-corrected chi connectivity index (χ0v) is 15.0. The monoisotopic (exact) mass is 357 g/mol. The summed E-state index contributed by atoms with van der Waals surface area (Å²) in [6, 6.07) is 6.32. The van der Waals surface area contributed by atoms with Crippen molar-refractivity contribution < 1.29 is 14.3 Å². The summed E-state index contributed by atoms with van der Waals surface area (Å²) in [6.45, 7) is 2.84. The normalized spacial score (nSPS) is 22.5. The van der Waals surface area contributed by atoms with Crippen molar-refractivity contribution in [1.82, 2.24) is 14.7 Å². The Balaban J connectivity index is 1.72. The van der Waals surface area contributed by atoms with E-state index < -0.39 is 5.60 Å². The molecule has 26 heavy (non-hydrogen) atoms. The zero-order valence-electron chi connectivity index (χ0n) is 15.0. The molecule has 2 heterocycles. The molecule has 1 fully saturated rings. The Kier molecular flexibility index (Phi) is 4.31. The molecule has 1 N–H and O–H groups in total. The minimum absolute atomic E-state index is 0.123. The van der Waals surface area contributed by atoms with Gasteiger partial charge >= 0.3 is 0 Å². The molecule has 1 aliphatic heterocycles. The van der Waals surface area contributed by atoms with Crippen LogP contribution in [0.15, 0.2) is 24.3 Å². The Labute approximate surface area is 152 Å². The molecule has 1 saturated heterocycles. The van der Waals surface area contributed by atoms with Crippen LogP contribution in [-0.2, 0) is 12.8 Å². The van der Waals surface area contributed by atoms with Gasteiger partial charge in [0.25, 0.3) is 5.91 Å². The number of hydrogen-bond acceptors (Lipinski definition) is 3. The second-order valence-electron chi connectivity index (χ2n) is 7.43. The third kappa shape index (κ3) is 2.92. The van der Waals surface area contributed by atoms with Gasteiger partial charge in [-0.2, -0.15) is 5.10 Å². The fraction of sp³-hybridized carbons (Fsp3) is 0.500. The first-order valence-corrected chi connectivity index (χ1v) is 9.39. The number of benzene rings is 1. The number of hydrogen-bond donors (Lipinski definition) is 1. The van der Waals surface area contributed by atoms with E-state index in [1.165, 1.54) is 12.1 Å². The molecule has 4 rings (SSSR count). The number of likely N-dealkylation sites (tertiary alicyclic amines) is 1. The van der Waals surface area contributed by atoms with E-state index in [0.717, 1.165) is 36.9 Å². The van der Waals surface area contributed by atoms with Gasteiger partial charge in [-0.15, -0.1) is 0 Å². The topological polar surface area (TPSA) is 58.4 Å². The smallest absolute Gasteiger partial charge is 0.274 e. The van der Waals surface area contributed by atoms with E-state index in [1.807, 2.05) is 13.0 Å². The Morgan fingerprint density at radius 2 is 2.15 bits per heavy atom. The van der Waals surface area contributed by atoms with E-state index in [2.05, 4.69) is 5.10 Å². The molecule has 1 amide bonds. The predicted molar refractivity (Wildman–Crippen MR) is 95.9 cm³/mol. The van der Waals surface area contributed by atoms with Gasteiger partial charge in [0.05, 0.1) is 11.3 Å². The first-order chi connectivity index (χ1) is 12.5. The van der Waals surface area contributed by atoms with Crippen LogP contribution in [0.1, 0.15) is 54.4 Å². The molecule has 1 aliphatic carbocycles. The molecule has 0 saturated carbocycles. The second kappa shape index (κ2) is 6.50. The fourth-order valence-corrected chi connectivity index (χ4v) is 4.06. The SMILES string of the molecule is CCC1(O)CCN(C(=O)c2nn(-c3cccc(F)c3)c3c2CCCC3)C1. The largest absolute Gasteiger partial charge is 0.388 e. The van der Waals surface area contributed by atoms with Gasteiger partial charge in [0.1, 0.15) is 5.82 Å². The van der Waals surface area contributed by atoms with Crippen LogP contribution in [0.25, 0.3) is 5.69 Å². The van der Waals surface area contributed by atoms with Crippen molar-refractivity contribution >= 4 is 5.91 Å². The maximum atomic E-state index is 13.7. The minimum atomic E-state index is -0.791. The molecule has 6 heteroatoms. The Morgan fingerprint density at radius 3 is 2.88 bits per heavy atom. The number of β-amino-alcohol motifs (C(OH)–C–C–N with tert-alkyl or cyclic N) is 1. The van der Waals surface area contributed by atoms with Crippen LogP contribution in [0.2, 0.25) is 0 Å². The molecule has 2 aliphatic rings. The lowest BCUT2D eigenvalue weighted by molar-refractivity contribution is 0.0411. The lowest BCUT2D eigenvalue weighted by Crippen LogP contribution is -2.36. The van der Waals surface area contributed by atoms with E-state index in [4.69, 9.17) is 0 Å². The first kappa shape index (κ1) is 17.2. The Bertz CT molecular complexity index is 848. The number of aromatic nitrogens is 2. The van der Waals surface area contributed by atoms with Crippen molar-refractivity contribution in [2.75, 3.05) is 13.1 Å². The van der Waals surface area contributed by atoms with Gasteiger partial charge in [0.2, 0.25) is 0 Å². The summed E-state index contributed by atoms with van der Waals surface area (Å²) in [5.74, 6) is -0.439. The Morgan fingerprint density at radius 1 is 1.35 bits per heavy atom. The predicted octanol–water partition coefficient (Wildman–Crippen LogP) is 2.88. The first-order valence-electron chi connectivity index (χ1n) is 9.39. The van der Waals surface area contributed by atoms with Crippen molar-refractivity contribution in [1.29, 1.82) is 0 Å². The number of nitrogens with zero attached hydrogens (tertiary/aromatic N) is 3. The molecule has 0 radical (unpaired) electrons. The highest BCUT2D eigenvalue weighted by Gasteiger charge is 2.38. The molecule has 0 bridgehead atoms. The highest BCUT2D eigenvalue weighted by Crippen LogP contribution is 2.30. The number of halogens is 1. The van der Waals surface area contributed by atoms with Crippen molar-refractivity contribution in [3.05, 3.63) is 47.0 Å². The lowest BCUT2D eigenvalue weighted by atomic mass is 9.95. The molecule has 1 aromatic heterocycles. The maximum absolute atomic E-state index is 13.7. The Hall–Kier alpha value is -2.21. The van der Waals surface area contributed by atoms with E-state index >= 15 is 0 Å². The van der Waals surface area contributed by atoms with Crippen LogP contribution in [-0.4, -0.2) is 44.4 Å². The molecule has 0 spiro atoms. The van der Waals surface area contributed by atoms with Gasteiger partial charge in [0, 0.05) is 24.3 Å². The number of carbonyl (C=O) groups is 1. The van der Waals surface area contributed by atoms with E-state index in [0.29, 0.717) is 37.3 Å². The van der Waals surface area contributed by atoms with Crippen LogP contribution in [0.5, 0.6) is 0 Å². The van der Waals surface area contributed by atoms with Crippen molar-refractivity contribution in [2.45, 2.75) is 51.0 Å². The highest BCUT2D eigenvalue weighted by molar-refractivity contribution is 5.94. The van der Waals surface area contributed by atoms with Gasteiger partial charge in [-0.05, 0) is 56.7 Å². The number of fused-ring (bicyclic) bond motifs is 1. The number of aliphatic hydroxyl groups is 1. The number of carbonyl (C=O) groups excluding carboxylic acids is 1. The van der Waals surface area contributed by atoms with Crippen LogP contribution < -0.4 is 0 Å². The molecule has 1 unspecified atom stereocenters. The van der Waals surface area contributed by atoms with Crippen LogP contribution >= 0.6 is 0 Å². The van der Waals surface area contributed by atoms with Crippen molar-refractivity contribution in [3.8, 4) is 5.69 Å². The third-order valence-electron chi connectivity index (χ3n) is 5.71.